The van der Waals surface area contributed by atoms with Crippen LogP contribution in [0.5, 0.6) is 34.5 Å². The van der Waals surface area contributed by atoms with E-state index < -0.39 is 156 Å². The molecular weight excluding hydrogens is 720 g/mol. The van der Waals surface area contributed by atoms with Crippen molar-refractivity contribution in [1.82, 2.24) is 0 Å². The van der Waals surface area contributed by atoms with E-state index in [2.05, 4.69) is 0 Å². The second-order valence-corrected chi connectivity index (χ2v) is 12.8. The largest absolute Gasteiger partial charge is 0.508 e. The molecule has 3 aliphatic heterocycles. The van der Waals surface area contributed by atoms with E-state index in [0.717, 1.165) is 24.3 Å². The summed E-state index contributed by atoms with van der Waals surface area (Å²) in [4.78, 5) is 14.0. The van der Waals surface area contributed by atoms with E-state index in [1.165, 1.54) is 6.92 Å². The number of phenolic OH excluding ortho intramolecular Hbond substituents is 5. The molecule has 2 aromatic carbocycles. The maximum Gasteiger partial charge on any atom is 0.239 e. The van der Waals surface area contributed by atoms with Gasteiger partial charge in [-0.3, -0.25) is 4.79 Å². The van der Waals surface area contributed by atoms with Crippen molar-refractivity contribution >= 4 is 11.0 Å². The van der Waals surface area contributed by atoms with Crippen molar-refractivity contribution in [2.24, 2.45) is 0 Å². The van der Waals surface area contributed by atoms with Gasteiger partial charge in [-0.25, -0.2) is 0 Å². The molecule has 53 heavy (non-hydrogen) atoms. The lowest BCUT2D eigenvalue weighted by Crippen LogP contribution is -2.64. The predicted octanol–water partition coefficient (Wildman–Crippen LogP) is -3.52. The van der Waals surface area contributed by atoms with E-state index in [0.29, 0.717) is 0 Å². The van der Waals surface area contributed by atoms with Gasteiger partial charge < -0.3 is 99.2 Å². The Morgan fingerprint density at radius 2 is 1.38 bits per heavy atom. The van der Waals surface area contributed by atoms with Crippen LogP contribution in [-0.4, -0.2) is 166 Å². The van der Waals surface area contributed by atoms with Gasteiger partial charge in [0.15, 0.2) is 41.7 Å². The molecule has 21 heteroatoms. The quantitative estimate of drug-likeness (QED) is 0.0990. The number of aliphatic hydroxyl groups is 8. The molecule has 6 rings (SSSR count). The molecule has 3 aromatic rings. The van der Waals surface area contributed by atoms with Crippen molar-refractivity contribution in [3.63, 3.8) is 0 Å². The number of rotatable bonds is 8. The molecule has 13 N–H and O–H groups in total. The zero-order valence-corrected chi connectivity index (χ0v) is 27.4. The number of hydrogen-bond acceptors (Lipinski definition) is 21. The van der Waals surface area contributed by atoms with Crippen molar-refractivity contribution in [3.05, 3.63) is 34.5 Å². The molecule has 4 heterocycles. The molecule has 3 fully saturated rings. The number of hydrogen-bond donors (Lipinski definition) is 13. The minimum atomic E-state index is -2.08. The first-order valence-electron chi connectivity index (χ1n) is 16.1. The third-order valence-corrected chi connectivity index (χ3v) is 9.11. The van der Waals surface area contributed by atoms with Crippen LogP contribution in [0.25, 0.3) is 22.3 Å². The van der Waals surface area contributed by atoms with Crippen LogP contribution in [0.2, 0.25) is 0 Å². The fourth-order valence-electron chi connectivity index (χ4n) is 6.09. The van der Waals surface area contributed by atoms with Gasteiger partial charge in [0, 0.05) is 17.7 Å². The Kier molecular flexibility index (Phi) is 10.9. The summed E-state index contributed by atoms with van der Waals surface area (Å²) in [5.74, 6) is -5.55. The molecule has 0 aliphatic carbocycles. The SMILES string of the molecule is C[C@@H]1O[C@@H](OC[C@H]2O[C@@H](Oc3c(-c4cc(O)c(O)c(O)c4)oc4cc(O)cc(O)c4c3=O)[C@H](O[C@@H]3OC[C@@H](O)[C@H](O)[C@H]3O)[C@@H](O)[C@@H]2O)[C@H](O)[C@H](O)[C@H]1O. The van der Waals surface area contributed by atoms with Gasteiger partial charge in [0.2, 0.25) is 17.5 Å². The number of phenols is 5. The second-order valence-electron chi connectivity index (χ2n) is 12.8. The molecule has 0 spiro atoms. The summed E-state index contributed by atoms with van der Waals surface area (Å²) in [6.07, 6.45) is -24.3. The van der Waals surface area contributed by atoms with E-state index in [-0.39, 0.29) is 5.56 Å². The first-order chi connectivity index (χ1) is 25.0. The van der Waals surface area contributed by atoms with Crippen LogP contribution in [0.15, 0.2) is 33.5 Å². The Labute approximate surface area is 296 Å². The van der Waals surface area contributed by atoms with E-state index in [1.807, 2.05) is 0 Å². The zero-order chi connectivity index (χ0) is 38.6. The molecule has 1 aromatic heterocycles. The predicted molar refractivity (Wildman–Crippen MR) is 168 cm³/mol. The number of aromatic hydroxyl groups is 5. The second kappa shape index (κ2) is 15.0. The summed E-state index contributed by atoms with van der Waals surface area (Å²) < 4.78 is 39.5. The standard InChI is InChI=1S/C32H38O21/c1-8-18(38)23(43)26(46)30(49-8)48-7-16-21(41)24(44)29(53-31-25(45)20(40)14(37)6-47-31)32(51-16)52-28-22(42)17-11(34)4-10(33)5-15(17)50-27(28)9-2-12(35)19(39)13(36)3-9/h2-5,8,14,16,18,20-21,23-26,29-41,43-46H,6-7H2,1H3/t8-,14+,16+,18-,20-,21+,23+,24-,25+,26+,29+,30+,31-,32-/m0/s1. The molecular formula is C32H38O21. The summed E-state index contributed by atoms with van der Waals surface area (Å²) in [5.41, 5.74) is -1.93. The number of ether oxygens (including phenoxy) is 6. The molecule has 0 amide bonds. The molecule has 21 nitrogen and oxygen atoms in total. The average molecular weight is 759 g/mol. The third-order valence-electron chi connectivity index (χ3n) is 9.11. The van der Waals surface area contributed by atoms with E-state index in [4.69, 9.17) is 32.8 Å². The zero-order valence-electron chi connectivity index (χ0n) is 27.4. The van der Waals surface area contributed by atoms with Crippen LogP contribution in [0, 0.1) is 0 Å². The van der Waals surface area contributed by atoms with Crippen LogP contribution in [0.4, 0.5) is 0 Å². The van der Waals surface area contributed by atoms with Gasteiger partial charge >= 0.3 is 0 Å². The lowest BCUT2D eigenvalue weighted by molar-refractivity contribution is -0.352. The molecule has 14 atom stereocenters. The number of aliphatic hydroxyl groups excluding tert-OH is 8. The molecule has 0 radical (unpaired) electrons. The van der Waals surface area contributed by atoms with Crippen LogP contribution in [0.1, 0.15) is 6.92 Å². The van der Waals surface area contributed by atoms with Gasteiger partial charge in [0.1, 0.15) is 77.4 Å². The van der Waals surface area contributed by atoms with Crippen molar-refractivity contribution in [3.8, 4) is 45.8 Å². The Morgan fingerprint density at radius 1 is 0.717 bits per heavy atom. The minimum Gasteiger partial charge on any atom is -0.508 e. The Hall–Kier alpha value is -4.07. The Bertz CT molecular complexity index is 1830. The highest BCUT2D eigenvalue weighted by atomic mass is 16.8. The molecule has 0 saturated carbocycles. The van der Waals surface area contributed by atoms with Gasteiger partial charge in [0.25, 0.3) is 0 Å². The number of fused-ring (bicyclic) bond motifs is 1. The van der Waals surface area contributed by atoms with Gasteiger partial charge in [-0.1, -0.05) is 0 Å². The highest BCUT2D eigenvalue weighted by molar-refractivity contribution is 5.88. The maximum absolute atomic E-state index is 14.0. The first kappa shape index (κ1) is 38.6. The minimum absolute atomic E-state index is 0.329. The average Bonchev–Trinajstić information content (AvgIpc) is 3.11. The fraction of sp³-hybridized carbons (Fsp3) is 0.531. The van der Waals surface area contributed by atoms with Crippen LogP contribution in [-0.2, 0) is 23.7 Å². The summed E-state index contributed by atoms with van der Waals surface area (Å²) in [6.45, 7) is 0.0986. The van der Waals surface area contributed by atoms with Gasteiger partial charge in [-0.05, 0) is 19.1 Å². The van der Waals surface area contributed by atoms with Crippen molar-refractivity contribution < 1.29 is 99.2 Å². The van der Waals surface area contributed by atoms with E-state index in [1.54, 1.807) is 0 Å². The smallest absolute Gasteiger partial charge is 0.239 e. The summed E-state index contributed by atoms with van der Waals surface area (Å²) in [5, 5.41) is 134. The molecule has 3 aliphatic rings. The Morgan fingerprint density at radius 3 is 2.06 bits per heavy atom. The molecule has 0 unspecified atom stereocenters. The van der Waals surface area contributed by atoms with E-state index >= 15 is 0 Å². The van der Waals surface area contributed by atoms with Crippen molar-refractivity contribution in [2.45, 2.75) is 92.9 Å². The lowest BCUT2D eigenvalue weighted by Gasteiger charge is -2.45. The summed E-state index contributed by atoms with van der Waals surface area (Å²) >= 11 is 0. The highest BCUT2D eigenvalue weighted by Gasteiger charge is 2.51. The number of benzene rings is 2. The van der Waals surface area contributed by atoms with Gasteiger partial charge in [-0.2, -0.15) is 0 Å². The molecule has 3 saturated heterocycles. The normalized spacial score (nSPS) is 36.4. The lowest BCUT2D eigenvalue weighted by atomic mass is 9.98. The van der Waals surface area contributed by atoms with Crippen LogP contribution >= 0.6 is 0 Å². The summed E-state index contributed by atoms with van der Waals surface area (Å²) in [7, 11) is 0. The Balaban J connectivity index is 1.41. The first-order valence-corrected chi connectivity index (χ1v) is 16.1. The monoisotopic (exact) mass is 758 g/mol. The molecule has 292 valence electrons. The summed E-state index contributed by atoms with van der Waals surface area (Å²) in [6, 6.07) is 3.44. The van der Waals surface area contributed by atoms with Crippen LogP contribution < -0.4 is 10.2 Å². The molecule has 0 bridgehead atoms. The fourth-order valence-corrected chi connectivity index (χ4v) is 6.09. The highest BCUT2D eigenvalue weighted by Crippen LogP contribution is 2.43. The van der Waals surface area contributed by atoms with E-state index in [9.17, 15) is 71.2 Å². The van der Waals surface area contributed by atoms with Crippen molar-refractivity contribution in [1.29, 1.82) is 0 Å². The maximum atomic E-state index is 14.0. The van der Waals surface area contributed by atoms with Gasteiger partial charge in [-0.15, -0.1) is 0 Å². The van der Waals surface area contributed by atoms with Crippen molar-refractivity contribution in [2.75, 3.05) is 13.2 Å². The van der Waals surface area contributed by atoms with Crippen LogP contribution in [0.3, 0.4) is 0 Å². The topological polar surface area (TPSA) is 349 Å². The van der Waals surface area contributed by atoms with Gasteiger partial charge in [0.05, 0.1) is 19.3 Å². The third kappa shape index (κ3) is 7.27.